The predicted molar refractivity (Wildman–Crippen MR) is 62.5 cm³/mol. The number of rotatable bonds is 2. The number of methoxy groups -OCH3 is 1. The van der Waals surface area contributed by atoms with Gasteiger partial charge in [0.25, 0.3) is 0 Å². The fourth-order valence-electron chi connectivity index (χ4n) is 1.81. The van der Waals surface area contributed by atoms with Crippen LogP contribution in [0.3, 0.4) is 0 Å². The quantitative estimate of drug-likeness (QED) is 0.726. The summed E-state index contributed by atoms with van der Waals surface area (Å²) < 4.78 is 6.79. The van der Waals surface area contributed by atoms with Gasteiger partial charge in [0.15, 0.2) is 0 Å². The van der Waals surface area contributed by atoms with E-state index in [4.69, 9.17) is 4.74 Å². The molecule has 2 rings (SSSR count). The van der Waals surface area contributed by atoms with Crippen molar-refractivity contribution in [3.8, 4) is 5.75 Å². The molecule has 2 aromatic rings. The second-order valence-electron chi connectivity index (χ2n) is 3.34. The highest BCUT2D eigenvalue weighted by Crippen LogP contribution is 2.38. The average Bonchev–Trinajstić information content (AvgIpc) is 2.52. The van der Waals surface area contributed by atoms with E-state index in [1.165, 1.54) is 20.5 Å². The lowest BCUT2D eigenvalue weighted by molar-refractivity contribution is 0.418. The van der Waals surface area contributed by atoms with Crippen LogP contribution in [0.4, 0.5) is 0 Å². The van der Waals surface area contributed by atoms with Crippen LogP contribution in [0.5, 0.6) is 5.75 Å². The first kappa shape index (κ1) is 9.53. The lowest BCUT2D eigenvalue weighted by atomic mass is 10.1. The third kappa shape index (κ3) is 1.30. The number of ether oxygens (including phenoxy) is 1. The van der Waals surface area contributed by atoms with E-state index in [9.17, 15) is 0 Å². The Bertz CT molecular complexity index is 457. The fraction of sp³-hybridized carbons (Fsp3) is 0.333. The molecular weight excluding hydrogens is 192 g/mol. The minimum Gasteiger partial charge on any atom is -0.495 e. The summed E-state index contributed by atoms with van der Waals surface area (Å²) >= 11 is 1.83. The van der Waals surface area contributed by atoms with Crippen LogP contribution < -0.4 is 4.74 Å². The van der Waals surface area contributed by atoms with E-state index < -0.39 is 0 Å². The first-order chi connectivity index (χ1) is 6.77. The Kier molecular flexibility index (Phi) is 2.46. The summed E-state index contributed by atoms with van der Waals surface area (Å²) in [7, 11) is 1.74. The van der Waals surface area contributed by atoms with Crippen LogP contribution in [-0.4, -0.2) is 7.11 Å². The largest absolute Gasteiger partial charge is 0.495 e. The van der Waals surface area contributed by atoms with Gasteiger partial charge in [-0.3, -0.25) is 0 Å². The van der Waals surface area contributed by atoms with Gasteiger partial charge in [0.1, 0.15) is 5.75 Å². The molecule has 0 fully saturated rings. The summed E-state index contributed by atoms with van der Waals surface area (Å²) in [5.74, 6) is 1.04. The van der Waals surface area contributed by atoms with Crippen molar-refractivity contribution in [1.82, 2.24) is 0 Å². The molecule has 0 aliphatic rings. The highest BCUT2D eigenvalue weighted by molar-refractivity contribution is 7.19. The van der Waals surface area contributed by atoms with Gasteiger partial charge < -0.3 is 4.74 Å². The molecule has 0 saturated carbocycles. The minimum absolute atomic E-state index is 1.04. The van der Waals surface area contributed by atoms with E-state index in [1.54, 1.807) is 7.11 Å². The molecule has 0 saturated heterocycles. The lowest BCUT2D eigenvalue weighted by Gasteiger charge is -2.00. The van der Waals surface area contributed by atoms with Crippen molar-refractivity contribution in [3.63, 3.8) is 0 Å². The molecule has 2 heteroatoms. The second kappa shape index (κ2) is 3.62. The Morgan fingerprint density at radius 1 is 1.36 bits per heavy atom. The number of benzene rings is 1. The van der Waals surface area contributed by atoms with Crippen molar-refractivity contribution >= 4 is 21.4 Å². The third-order valence-electron chi connectivity index (χ3n) is 2.50. The molecule has 0 atom stereocenters. The molecule has 0 aliphatic carbocycles. The van der Waals surface area contributed by atoms with Crippen LogP contribution >= 0.6 is 11.3 Å². The first-order valence-corrected chi connectivity index (χ1v) is 5.64. The first-order valence-electron chi connectivity index (χ1n) is 4.83. The van der Waals surface area contributed by atoms with Gasteiger partial charge in [0.2, 0.25) is 0 Å². The molecule has 0 radical (unpaired) electrons. The normalized spacial score (nSPS) is 10.8. The minimum atomic E-state index is 1.04. The van der Waals surface area contributed by atoms with Crippen LogP contribution in [0.15, 0.2) is 18.2 Å². The molecule has 0 unspecified atom stereocenters. The molecule has 0 bridgehead atoms. The van der Waals surface area contributed by atoms with Crippen molar-refractivity contribution in [2.75, 3.05) is 7.11 Å². The SMILES string of the molecule is CCc1cccc2c(OC)c(C)sc12. The number of fused-ring (bicyclic) bond motifs is 1. The Morgan fingerprint density at radius 2 is 2.14 bits per heavy atom. The maximum Gasteiger partial charge on any atom is 0.140 e. The second-order valence-corrected chi connectivity index (χ2v) is 4.56. The van der Waals surface area contributed by atoms with Gasteiger partial charge in [-0.25, -0.2) is 0 Å². The monoisotopic (exact) mass is 206 g/mol. The van der Waals surface area contributed by atoms with E-state index in [0.29, 0.717) is 0 Å². The van der Waals surface area contributed by atoms with Gasteiger partial charge in [-0.15, -0.1) is 11.3 Å². The summed E-state index contributed by atoms with van der Waals surface area (Å²) in [5, 5.41) is 1.26. The number of thiophene rings is 1. The van der Waals surface area contributed by atoms with Crippen molar-refractivity contribution in [2.24, 2.45) is 0 Å². The summed E-state index contributed by atoms with van der Waals surface area (Å²) in [6.45, 7) is 4.30. The van der Waals surface area contributed by atoms with Crippen molar-refractivity contribution < 1.29 is 4.74 Å². The smallest absolute Gasteiger partial charge is 0.140 e. The van der Waals surface area contributed by atoms with Crippen LogP contribution in [0.25, 0.3) is 10.1 Å². The van der Waals surface area contributed by atoms with E-state index >= 15 is 0 Å². The Hall–Kier alpha value is -1.02. The van der Waals surface area contributed by atoms with Gasteiger partial charge in [-0.2, -0.15) is 0 Å². The van der Waals surface area contributed by atoms with Crippen LogP contribution in [-0.2, 0) is 6.42 Å². The van der Waals surface area contributed by atoms with E-state index in [-0.39, 0.29) is 0 Å². The van der Waals surface area contributed by atoms with Crippen molar-refractivity contribution in [2.45, 2.75) is 20.3 Å². The predicted octanol–water partition coefficient (Wildman–Crippen LogP) is 3.78. The van der Waals surface area contributed by atoms with E-state index in [1.807, 2.05) is 11.3 Å². The van der Waals surface area contributed by atoms with Gasteiger partial charge in [0.05, 0.1) is 7.11 Å². The van der Waals surface area contributed by atoms with E-state index in [0.717, 1.165) is 12.2 Å². The fourth-order valence-corrected chi connectivity index (χ4v) is 3.01. The van der Waals surface area contributed by atoms with Crippen LogP contribution in [0.2, 0.25) is 0 Å². The lowest BCUT2D eigenvalue weighted by Crippen LogP contribution is -1.83. The Morgan fingerprint density at radius 3 is 2.79 bits per heavy atom. The standard InChI is InChI=1S/C12H14OS/c1-4-9-6-5-7-10-11(13-3)8(2)14-12(9)10/h5-7H,4H2,1-3H3. The molecule has 1 heterocycles. The molecule has 74 valence electrons. The third-order valence-corrected chi connectivity index (χ3v) is 3.68. The van der Waals surface area contributed by atoms with Crippen LogP contribution in [0, 0.1) is 6.92 Å². The average molecular weight is 206 g/mol. The number of hydrogen-bond acceptors (Lipinski definition) is 2. The maximum absolute atomic E-state index is 5.41. The topological polar surface area (TPSA) is 9.23 Å². The number of hydrogen-bond donors (Lipinski definition) is 0. The summed E-state index contributed by atoms with van der Waals surface area (Å²) in [6.07, 6.45) is 1.08. The molecular formula is C12H14OS. The maximum atomic E-state index is 5.41. The summed E-state index contributed by atoms with van der Waals surface area (Å²) in [5.41, 5.74) is 1.42. The molecule has 14 heavy (non-hydrogen) atoms. The zero-order valence-electron chi connectivity index (χ0n) is 8.76. The molecule has 0 N–H and O–H groups in total. The molecule has 0 aliphatic heterocycles. The van der Waals surface area contributed by atoms with Gasteiger partial charge in [-0.05, 0) is 25.0 Å². The Labute approximate surface area is 88.3 Å². The van der Waals surface area contributed by atoms with Crippen molar-refractivity contribution in [1.29, 1.82) is 0 Å². The highest BCUT2D eigenvalue weighted by atomic mass is 32.1. The molecule has 1 aromatic carbocycles. The molecule has 1 nitrogen and oxygen atoms in total. The van der Waals surface area contributed by atoms with E-state index in [2.05, 4.69) is 32.0 Å². The zero-order valence-corrected chi connectivity index (χ0v) is 9.57. The molecule has 0 amide bonds. The number of aryl methyl sites for hydroxylation is 2. The van der Waals surface area contributed by atoms with Crippen molar-refractivity contribution in [3.05, 3.63) is 28.6 Å². The summed E-state index contributed by atoms with van der Waals surface area (Å²) in [4.78, 5) is 1.27. The van der Waals surface area contributed by atoms with Crippen LogP contribution in [0.1, 0.15) is 17.4 Å². The highest BCUT2D eigenvalue weighted by Gasteiger charge is 2.10. The van der Waals surface area contributed by atoms with Gasteiger partial charge in [0, 0.05) is 15.0 Å². The van der Waals surface area contributed by atoms with Gasteiger partial charge in [-0.1, -0.05) is 19.1 Å². The Balaban J connectivity index is 2.79. The molecule has 0 spiro atoms. The summed E-state index contributed by atoms with van der Waals surface area (Å²) in [6, 6.07) is 6.43. The zero-order chi connectivity index (χ0) is 10.1. The van der Waals surface area contributed by atoms with Gasteiger partial charge >= 0.3 is 0 Å². The molecule has 1 aromatic heterocycles.